The van der Waals surface area contributed by atoms with Gasteiger partial charge in [-0.15, -0.1) is 0 Å². The fraction of sp³-hybridized carbons (Fsp3) is 0.133. The van der Waals surface area contributed by atoms with Gasteiger partial charge in [0.15, 0.2) is 5.78 Å². The molecule has 196 valence electrons. The summed E-state index contributed by atoms with van der Waals surface area (Å²) in [6.07, 6.45) is 5.10. The topological polar surface area (TPSA) is 106 Å². The van der Waals surface area contributed by atoms with Crippen molar-refractivity contribution in [3.63, 3.8) is 0 Å². The number of halogens is 1. The lowest BCUT2D eigenvalue weighted by atomic mass is 9.97. The lowest BCUT2D eigenvalue weighted by Crippen LogP contribution is -2.34. The van der Waals surface area contributed by atoms with Crippen LogP contribution < -0.4 is 15.6 Å². The lowest BCUT2D eigenvalue weighted by Gasteiger charge is -2.22. The van der Waals surface area contributed by atoms with E-state index in [1.54, 1.807) is 36.7 Å². The van der Waals surface area contributed by atoms with Gasteiger partial charge in [0.2, 0.25) is 5.91 Å². The molecule has 5 aromatic rings. The molecule has 0 aliphatic rings. The standard InChI is InChI=1S/C30H25ClN4O4/c1-18(36)22-9-8-20(31)13-23(22)24-15-29(37)35(17-28(24)39-2)27(12-19-6-4-3-5-7-19)30(38)34-21-14-26-25(33-16-21)10-11-32-26/h3-11,13-17,27,32H,12H2,1-2H3,(H,34,38). The van der Waals surface area contributed by atoms with Gasteiger partial charge in [-0.3, -0.25) is 23.9 Å². The van der Waals surface area contributed by atoms with Gasteiger partial charge in [0.25, 0.3) is 5.56 Å². The van der Waals surface area contributed by atoms with E-state index in [-0.39, 0.29) is 12.2 Å². The third kappa shape index (κ3) is 5.46. The second-order valence-electron chi connectivity index (χ2n) is 9.08. The molecule has 0 fully saturated rings. The van der Waals surface area contributed by atoms with E-state index in [1.807, 2.05) is 36.4 Å². The maximum Gasteiger partial charge on any atom is 0.252 e. The Kier molecular flexibility index (Phi) is 7.29. The number of carbonyl (C=O) groups excluding carboxylic acids is 2. The number of rotatable bonds is 8. The molecule has 0 aliphatic carbocycles. The molecule has 8 nitrogen and oxygen atoms in total. The first-order chi connectivity index (χ1) is 18.8. The van der Waals surface area contributed by atoms with Crippen molar-refractivity contribution in [1.82, 2.24) is 14.5 Å². The number of methoxy groups -OCH3 is 1. The van der Waals surface area contributed by atoms with E-state index in [1.165, 1.54) is 30.9 Å². The Morgan fingerprint density at radius 2 is 1.87 bits per heavy atom. The van der Waals surface area contributed by atoms with Gasteiger partial charge in [0.05, 0.1) is 36.2 Å². The largest absolute Gasteiger partial charge is 0.495 e. The molecule has 0 radical (unpaired) electrons. The Morgan fingerprint density at radius 3 is 2.62 bits per heavy atom. The van der Waals surface area contributed by atoms with Crippen LogP contribution in [0.2, 0.25) is 5.02 Å². The zero-order valence-corrected chi connectivity index (χ0v) is 22.0. The maximum atomic E-state index is 13.7. The van der Waals surface area contributed by atoms with Gasteiger partial charge in [-0.1, -0.05) is 41.9 Å². The van der Waals surface area contributed by atoms with Gasteiger partial charge >= 0.3 is 0 Å². The number of amides is 1. The van der Waals surface area contributed by atoms with Crippen molar-refractivity contribution in [2.24, 2.45) is 0 Å². The zero-order valence-electron chi connectivity index (χ0n) is 21.3. The average Bonchev–Trinajstić information content (AvgIpc) is 3.40. The number of ketones is 1. The first-order valence-corrected chi connectivity index (χ1v) is 12.6. The molecule has 39 heavy (non-hydrogen) atoms. The number of pyridine rings is 2. The summed E-state index contributed by atoms with van der Waals surface area (Å²) in [5, 5.41) is 3.31. The number of hydrogen-bond acceptors (Lipinski definition) is 5. The summed E-state index contributed by atoms with van der Waals surface area (Å²) in [6.45, 7) is 1.44. The van der Waals surface area contributed by atoms with Crippen molar-refractivity contribution in [3.05, 3.63) is 112 Å². The third-order valence-electron chi connectivity index (χ3n) is 6.49. The molecular formula is C30H25ClN4O4. The molecule has 1 unspecified atom stereocenters. The molecule has 3 aromatic heterocycles. The van der Waals surface area contributed by atoms with Crippen LogP contribution in [-0.2, 0) is 11.2 Å². The van der Waals surface area contributed by atoms with Crippen molar-refractivity contribution >= 4 is 40.0 Å². The summed E-state index contributed by atoms with van der Waals surface area (Å²) < 4.78 is 7.00. The maximum absolute atomic E-state index is 13.7. The summed E-state index contributed by atoms with van der Waals surface area (Å²) in [7, 11) is 1.47. The van der Waals surface area contributed by atoms with Gasteiger partial charge in [-0.05, 0) is 48.4 Å². The second kappa shape index (κ2) is 11.0. The highest BCUT2D eigenvalue weighted by molar-refractivity contribution is 6.31. The Morgan fingerprint density at radius 1 is 1.08 bits per heavy atom. The van der Waals surface area contributed by atoms with Crippen LogP contribution in [-0.4, -0.2) is 33.3 Å². The summed E-state index contributed by atoms with van der Waals surface area (Å²) in [5.74, 6) is -0.253. The fourth-order valence-electron chi connectivity index (χ4n) is 4.57. The molecule has 2 N–H and O–H groups in total. The molecule has 0 spiro atoms. The monoisotopic (exact) mass is 540 g/mol. The van der Waals surface area contributed by atoms with Crippen LogP contribution in [0.25, 0.3) is 22.2 Å². The first kappa shape index (κ1) is 25.9. The van der Waals surface area contributed by atoms with Crippen LogP contribution >= 0.6 is 11.6 Å². The molecule has 0 bridgehead atoms. The normalized spacial score (nSPS) is 11.8. The molecule has 1 atom stereocenters. The molecule has 5 rings (SSSR count). The Balaban J connectivity index is 1.59. The van der Waals surface area contributed by atoms with Gasteiger partial charge in [0, 0.05) is 34.8 Å². The number of H-pyrrole nitrogens is 1. The highest BCUT2D eigenvalue weighted by atomic mass is 35.5. The van der Waals surface area contributed by atoms with Crippen molar-refractivity contribution in [1.29, 1.82) is 0 Å². The SMILES string of the molecule is COc1cn(C(Cc2ccccc2)C(=O)Nc2cnc3cc[nH]c3c2)c(=O)cc1-c1cc(Cl)ccc1C(C)=O. The molecule has 1 amide bonds. The van der Waals surface area contributed by atoms with Crippen LogP contribution in [0.3, 0.4) is 0 Å². The van der Waals surface area contributed by atoms with Gasteiger partial charge in [0.1, 0.15) is 11.8 Å². The lowest BCUT2D eigenvalue weighted by molar-refractivity contribution is -0.119. The highest BCUT2D eigenvalue weighted by Crippen LogP contribution is 2.34. The third-order valence-corrected chi connectivity index (χ3v) is 6.73. The number of nitrogens with one attached hydrogen (secondary N) is 2. The molecule has 0 saturated carbocycles. The number of Topliss-reactive ketones (excluding diaryl/α,β-unsaturated/α-hetero) is 1. The first-order valence-electron chi connectivity index (χ1n) is 12.2. The van der Waals surface area contributed by atoms with Gasteiger partial charge < -0.3 is 15.0 Å². The Labute approximate surface area is 229 Å². The van der Waals surface area contributed by atoms with Crippen LogP contribution in [0.1, 0.15) is 28.9 Å². The summed E-state index contributed by atoms with van der Waals surface area (Å²) >= 11 is 6.23. The van der Waals surface area contributed by atoms with Crippen molar-refractivity contribution in [2.45, 2.75) is 19.4 Å². The van der Waals surface area contributed by atoms with E-state index in [2.05, 4.69) is 15.3 Å². The van der Waals surface area contributed by atoms with E-state index >= 15 is 0 Å². The number of carbonyl (C=O) groups is 2. The van der Waals surface area contributed by atoms with E-state index in [9.17, 15) is 14.4 Å². The number of anilines is 1. The number of fused-ring (bicyclic) bond motifs is 1. The summed E-state index contributed by atoms with van der Waals surface area (Å²) in [5.41, 5.74) is 3.77. The Bertz CT molecular complexity index is 1740. The van der Waals surface area contributed by atoms with Crippen LogP contribution in [0, 0.1) is 0 Å². The molecule has 0 saturated heterocycles. The van der Waals surface area contributed by atoms with E-state index in [0.717, 1.165) is 16.6 Å². The second-order valence-corrected chi connectivity index (χ2v) is 9.51. The average molecular weight is 541 g/mol. The Hall–Kier alpha value is -4.69. The molecular weight excluding hydrogens is 516 g/mol. The summed E-state index contributed by atoms with van der Waals surface area (Å²) in [4.78, 5) is 47.0. The van der Waals surface area contributed by atoms with Gasteiger partial charge in [-0.2, -0.15) is 0 Å². The quantitative estimate of drug-likeness (QED) is 0.246. The number of aromatic nitrogens is 3. The molecule has 2 aromatic carbocycles. The van der Waals surface area contributed by atoms with E-state index in [4.69, 9.17) is 16.3 Å². The number of aromatic amines is 1. The number of hydrogen-bond donors (Lipinski definition) is 2. The van der Waals surface area contributed by atoms with Crippen molar-refractivity contribution < 1.29 is 14.3 Å². The minimum atomic E-state index is -0.908. The van der Waals surface area contributed by atoms with Gasteiger partial charge in [-0.25, -0.2) is 0 Å². The molecule has 0 aliphatic heterocycles. The minimum Gasteiger partial charge on any atom is -0.495 e. The predicted molar refractivity (Wildman–Crippen MR) is 152 cm³/mol. The number of benzene rings is 2. The highest BCUT2D eigenvalue weighted by Gasteiger charge is 2.25. The van der Waals surface area contributed by atoms with Crippen LogP contribution in [0.4, 0.5) is 5.69 Å². The van der Waals surface area contributed by atoms with Crippen molar-refractivity contribution in [3.8, 4) is 16.9 Å². The number of nitrogens with zero attached hydrogens (tertiary/aromatic N) is 2. The predicted octanol–water partition coefficient (Wildman–Crippen LogP) is 5.68. The summed E-state index contributed by atoms with van der Waals surface area (Å²) in [6, 6.07) is 18.4. The van der Waals surface area contributed by atoms with Crippen LogP contribution in [0.5, 0.6) is 5.75 Å². The zero-order chi connectivity index (χ0) is 27.5. The van der Waals surface area contributed by atoms with E-state index in [0.29, 0.717) is 33.1 Å². The molecule has 9 heteroatoms. The fourth-order valence-corrected chi connectivity index (χ4v) is 4.75. The number of ether oxygens (including phenoxy) is 1. The van der Waals surface area contributed by atoms with E-state index < -0.39 is 17.5 Å². The molecule has 3 heterocycles. The van der Waals surface area contributed by atoms with Crippen molar-refractivity contribution in [2.75, 3.05) is 12.4 Å². The smallest absolute Gasteiger partial charge is 0.252 e. The van der Waals surface area contributed by atoms with Crippen LogP contribution in [0.15, 0.2) is 90.1 Å². The minimum absolute atomic E-state index is 0.179.